The summed E-state index contributed by atoms with van der Waals surface area (Å²) in [6, 6.07) is 21.2. The van der Waals surface area contributed by atoms with Crippen molar-refractivity contribution < 1.29 is 4.79 Å². The molecule has 2 N–H and O–H groups in total. The van der Waals surface area contributed by atoms with Gasteiger partial charge in [0.15, 0.2) is 5.82 Å². The number of rotatable bonds is 3. The molecule has 0 aliphatic rings. The van der Waals surface area contributed by atoms with Crippen LogP contribution in [0.2, 0.25) is 0 Å². The van der Waals surface area contributed by atoms with Crippen LogP contribution in [0.1, 0.15) is 10.6 Å². The average Bonchev–Trinajstić information content (AvgIpc) is 3.07. The van der Waals surface area contributed by atoms with Gasteiger partial charge in [-0.2, -0.15) is 0 Å². The maximum Gasteiger partial charge on any atom is 0.292 e. The predicted octanol–water partition coefficient (Wildman–Crippen LogP) is 3.88. The third-order valence-corrected chi connectivity index (χ3v) is 3.71. The average molecular weight is 314 g/mol. The molecule has 5 nitrogen and oxygen atoms in total. The Morgan fingerprint density at radius 2 is 1.71 bits per heavy atom. The van der Waals surface area contributed by atoms with E-state index >= 15 is 0 Å². The Labute approximate surface area is 138 Å². The van der Waals surface area contributed by atoms with E-state index in [2.05, 4.69) is 20.3 Å². The minimum atomic E-state index is -0.316. The van der Waals surface area contributed by atoms with Crippen molar-refractivity contribution in [2.45, 2.75) is 0 Å². The number of anilines is 1. The zero-order valence-corrected chi connectivity index (χ0v) is 12.7. The summed E-state index contributed by atoms with van der Waals surface area (Å²) in [5.41, 5.74) is 3.65. The highest BCUT2D eigenvalue weighted by molar-refractivity contribution is 6.03. The fraction of sp³-hybridized carbons (Fsp3) is 0. The summed E-state index contributed by atoms with van der Waals surface area (Å²) in [5.74, 6) is 0.439. The molecule has 0 spiro atoms. The van der Waals surface area contributed by atoms with Crippen LogP contribution in [-0.2, 0) is 0 Å². The maximum absolute atomic E-state index is 12.4. The number of aromatic amines is 1. The molecule has 2 aromatic carbocycles. The number of hydrogen-bond donors (Lipinski definition) is 2. The number of carbonyl (C=O) groups is 1. The highest BCUT2D eigenvalue weighted by Gasteiger charge is 2.12. The lowest BCUT2D eigenvalue weighted by Gasteiger charge is -2.05. The minimum Gasteiger partial charge on any atom is -0.334 e. The van der Waals surface area contributed by atoms with Crippen LogP contribution in [0.4, 0.5) is 5.82 Å². The number of H-pyrrole nitrogens is 1. The molecule has 0 unspecified atom stereocenters. The molecule has 4 rings (SSSR count). The number of amides is 1. The van der Waals surface area contributed by atoms with Crippen LogP contribution in [0.15, 0.2) is 72.9 Å². The number of nitrogens with one attached hydrogen (secondary N) is 2. The van der Waals surface area contributed by atoms with E-state index in [0.717, 1.165) is 22.2 Å². The summed E-state index contributed by atoms with van der Waals surface area (Å²) >= 11 is 0. The van der Waals surface area contributed by atoms with Gasteiger partial charge >= 0.3 is 0 Å². The largest absolute Gasteiger partial charge is 0.334 e. The van der Waals surface area contributed by atoms with Crippen LogP contribution < -0.4 is 5.32 Å². The molecule has 1 amide bonds. The van der Waals surface area contributed by atoms with Crippen molar-refractivity contribution in [3.63, 3.8) is 0 Å². The zero-order valence-electron chi connectivity index (χ0n) is 12.7. The van der Waals surface area contributed by atoms with Gasteiger partial charge in [-0.3, -0.25) is 4.79 Å². The third kappa shape index (κ3) is 2.75. The quantitative estimate of drug-likeness (QED) is 0.603. The lowest BCUT2D eigenvalue weighted by atomic mass is 10.1. The number of aromatic nitrogens is 3. The fourth-order valence-electron chi connectivity index (χ4n) is 2.54. The molecule has 0 bridgehead atoms. The Kier molecular flexibility index (Phi) is 3.51. The van der Waals surface area contributed by atoms with Gasteiger partial charge in [0.2, 0.25) is 0 Å². The standard InChI is InChI=1S/C19H14N4O/c24-19(18-21-15-8-4-5-9-16(15)22-18)23-17-12-14(10-11-20-17)13-6-2-1-3-7-13/h1-12H,(H,21,22)(H,20,23,24). The van der Waals surface area contributed by atoms with Gasteiger partial charge in [-0.25, -0.2) is 9.97 Å². The van der Waals surface area contributed by atoms with Crippen molar-refractivity contribution in [2.24, 2.45) is 0 Å². The van der Waals surface area contributed by atoms with Crippen molar-refractivity contribution in [1.29, 1.82) is 0 Å². The van der Waals surface area contributed by atoms with E-state index in [0.29, 0.717) is 5.82 Å². The molecule has 5 heteroatoms. The van der Waals surface area contributed by atoms with E-state index in [1.165, 1.54) is 0 Å². The van der Waals surface area contributed by atoms with Gasteiger partial charge in [-0.05, 0) is 35.4 Å². The molecule has 116 valence electrons. The van der Waals surface area contributed by atoms with E-state index in [1.54, 1.807) is 6.20 Å². The molecule has 0 saturated heterocycles. The number of carbonyl (C=O) groups excluding carboxylic acids is 1. The third-order valence-electron chi connectivity index (χ3n) is 3.71. The van der Waals surface area contributed by atoms with Crippen molar-refractivity contribution in [1.82, 2.24) is 15.0 Å². The van der Waals surface area contributed by atoms with E-state index in [-0.39, 0.29) is 11.7 Å². The van der Waals surface area contributed by atoms with E-state index in [9.17, 15) is 4.79 Å². The first-order chi connectivity index (χ1) is 11.8. The molecule has 0 fully saturated rings. The van der Waals surface area contributed by atoms with Crippen LogP contribution in [0, 0.1) is 0 Å². The minimum absolute atomic E-state index is 0.267. The second-order valence-corrected chi connectivity index (χ2v) is 5.35. The molecule has 0 saturated carbocycles. The van der Waals surface area contributed by atoms with Gasteiger partial charge in [0.05, 0.1) is 11.0 Å². The predicted molar refractivity (Wildman–Crippen MR) is 93.7 cm³/mol. The zero-order chi connectivity index (χ0) is 16.4. The van der Waals surface area contributed by atoms with Gasteiger partial charge < -0.3 is 10.3 Å². The number of hydrogen-bond acceptors (Lipinski definition) is 3. The Balaban J connectivity index is 1.60. The molecular formula is C19H14N4O. The van der Waals surface area contributed by atoms with E-state index in [4.69, 9.17) is 0 Å². The first-order valence-electron chi connectivity index (χ1n) is 7.57. The molecular weight excluding hydrogens is 300 g/mol. The van der Waals surface area contributed by atoms with Crippen LogP contribution in [0.25, 0.3) is 22.2 Å². The first-order valence-corrected chi connectivity index (χ1v) is 7.57. The van der Waals surface area contributed by atoms with Crippen molar-refractivity contribution in [3.8, 4) is 11.1 Å². The number of fused-ring (bicyclic) bond motifs is 1. The number of imidazole rings is 1. The smallest absolute Gasteiger partial charge is 0.292 e. The van der Waals surface area contributed by atoms with Crippen LogP contribution >= 0.6 is 0 Å². The summed E-state index contributed by atoms with van der Waals surface area (Å²) in [4.78, 5) is 23.9. The van der Waals surface area contributed by atoms with E-state index in [1.807, 2.05) is 66.7 Å². The summed E-state index contributed by atoms with van der Waals surface area (Å²) in [6.45, 7) is 0. The highest BCUT2D eigenvalue weighted by atomic mass is 16.2. The van der Waals surface area contributed by atoms with Crippen LogP contribution in [-0.4, -0.2) is 20.9 Å². The molecule has 0 aliphatic carbocycles. The fourth-order valence-corrected chi connectivity index (χ4v) is 2.54. The first kappa shape index (κ1) is 14.1. The summed E-state index contributed by atoms with van der Waals surface area (Å²) < 4.78 is 0. The molecule has 24 heavy (non-hydrogen) atoms. The van der Waals surface area contributed by atoms with Crippen molar-refractivity contribution >= 4 is 22.8 Å². The van der Waals surface area contributed by atoms with Crippen molar-refractivity contribution in [3.05, 3.63) is 78.8 Å². The van der Waals surface area contributed by atoms with Crippen LogP contribution in [0.5, 0.6) is 0 Å². The van der Waals surface area contributed by atoms with Gasteiger partial charge in [0.25, 0.3) is 5.91 Å². The number of nitrogens with zero attached hydrogens (tertiary/aromatic N) is 2. The van der Waals surface area contributed by atoms with Gasteiger partial charge in [-0.1, -0.05) is 42.5 Å². The number of para-hydroxylation sites is 2. The Hall–Kier alpha value is -3.47. The lowest BCUT2D eigenvalue weighted by molar-refractivity contribution is 0.101. The molecule has 2 aromatic heterocycles. The topological polar surface area (TPSA) is 70.7 Å². The van der Waals surface area contributed by atoms with Crippen LogP contribution in [0.3, 0.4) is 0 Å². The second kappa shape index (κ2) is 5.96. The summed E-state index contributed by atoms with van der Waals surface area (Å²) in [5, 5.41) is 2.79. The normalized spacial score (nSPS) is 10.7. The van der Waals surface area contributed by atoms with Gasteiger partial charge in [-0.15, -0.1) is 0 Å². The Morgan fingerprint density at radius 1 is 0.917 bits per heavy atom. The Bertz CT molecular complexity index is 975. The molecule has 4 aromatic rings. The number of benzene rings is 2. The van der Waals surface area contributed by atoms with Crippen molar-refractivity contribution in [2.75, 3.05) is 5.32 Å². The summed E-state index contributed by atoms with van der Waals surface area (Å²) in [7, 11) is 0. The van der Waals surface area contributed by atoms with Gasteiger partial charge in [0.1, 0.15) is 5.82 Å². The molecule has 2 heterocycles. The Morgan fingerprint density at radius 3 is 2.54 bits per heavy atom. The maximum atomic E-state index is 12.4. The monoisotopic (exact) mass is 314 g/mol. The lowest BCUT2D eigenvalue weighted by Crippen LogP contribution is -2.14. The SMILES string of the molecule is O=C(Nc1cc(-c2ccccc2)ccn1)c1nc2ccccc2[nH]1. The van der Waals surface area contributed by atoms with Gasteiger partial charge in [0, 0.05) is 6.20 Å². The molecule has 0 radical (unpaired) electrons. The molecule has 0 aliphatic heterocycles. The second-order valence-electron chi connectivity index (χ2n) is 5.35. The highest BCUT2D eigenvalue weighted by Crippen LogP contribution is 2.21. The van der Waals surface area contributed by atoms with E-state index < -0.39 is 0 Å². The summed E-state index contributed by atoms with van der Waals surface area (Å²) in [6.07, 6.45) is 1.68. The molecule has 0 atom stereocenters. The number of pyridine rings is 1.